The Balaban J connectivity index is 2.04. The van der Waals surface area contributed by atoms with E-state index < -0.39 is 8.32 Å². The molecule has 0 N–H and O–H groups in total. The minimum absolute atomic E-state index is 0.197. The fourth-order valence-electron chi connectivity index (χ4n) is 1.63. The molecule has 0 amide bonds. The van der Waals surface area contributed by atoms with Gasteiger partial charge in [0.2, 0.25) is 0 Å². The number of hydrogen-bond donors (Lipinski definition) is 0. The van der Waals surface area contributed by atoms with Gasteiger partial charge in [-0.15, -0.1) is 0 Å². The van der Waals surface area contributed by atoms with Crippen molar-refractivity contribution in [3.8, 4) is 0 Å². The summed E-state index contributed by atoms with van der Waals surface area (Å²) in [5.41, 5.74) is 0.914. The molecule has 2 aromatic rings. The molecule has 1 aromatic heterocycles. The lowest BCUT2D eigenvalue weighted by Gasteiger charge is -2.35. The molecule has 0 fully saturated rings. The highest BCUT2D eigenvalue weighted by molar-refractivity contribution is 7.99. The second-order valence-corrected chi connectivity index (χ2v) is 12.8. The lowest BCUT2D eigenvalue weighted by atomic mass is 10.2. The third-order valence-corrected chi connectivity index (χ3v) is 9.53. The molecule has 120 valence electrons. The van der Waals surface area contributed by atoms with Gasteiger partial charge in [0, 0.05) is 4.90 Å². The Morgan fingerprint density at radius 1 is 1.18 bits per heavy atom. The number of oxazole rings is 1. The van der Waals surface area contributed by atoms with E-state index in [1.54, 1.807) is 0 Å². The van der Waals surface area contributed by atoms with Crippen LogP contribution in [0.15, 0.2) is 44.9 Å². The topological polar surface area (TPSA) is 35.3 Å². The van der Waals surface area contributed by atoms with Crippen molar-refractivity contribution in [2.45, 2.75) is 62.6 Å². The first-order valence-corrected chi connectivity index (χ1v) is 11.2. The van der Waals surface area contributed by atoms with Gasteiger partial charge in [0.25, 0.3) is 5.22 Å². The van der Waals surface area contributed by atoms with Crippen molar-refractivity contribution in [3.05, 3.63) is 41.8 Å². The van der Waals surface area contributed by atoms with Gasteiger partial charge in [-0.2, -0.15) is 0 Å². The molecule has 22 heavy (non-hydrogen) atoms. The Labute approximate surface area is 138 Å². The highest BCUT2D eigenvalue weighted by atomic mass is 32.2. The number of aromatic nitrogens is 1. The van der Waals surface area contributed by atoms with Crippen molar-refractivity contribution >= 4 is 20.1 Å². The summed E-state index contributed by atoms with van der Waals surface area (Å²) in [6.07, 6.45) is 0. The van der Waals surface area contributed by atoms with E-state index in [9.17, 15) is 0 Å². The van der Waals surface area contributed by atoms with Crippen LogP contribution >= 0.6 is 11.8 Å². The summed E-state index contributed by atoms with van der Waals surface area (Å²) in [6, 6.07) is 10.1. The van der Waals surface area contributed by atoms with Crippen LogP contribution in [0.3, 0.4) is 0 Å². The van der Waals surface area contributed by atoms with Gasteiger partial charge in [0.1, 0.15) is 0 Å². The maximum atomic E-state index is 6.22. The zero-order chi connectivity index (χ0) is 16.4. The minimum atomic E-state index is -1.77. The quantitative estimate of drug-likeness (QED) is 0.661. The molecule has 0 radical (unpaired) electrons. The van der Waals surface area contributed by atoms with E-state index in [4.69, 9.17) is 8.84 Å². The van der Waals surface area contributed by atoms with Gasteiger partial charge < -0.3 is 8.84 Å². The molecule has 0 unspecified atom stereocenters. The number of benzene rings is 1. The second kappa shape index (κ2) is 6.60. The highest BCUT2D eigenvalue weighted by Crippen LogP contribution is 2.37. The van der Waals surface area contributed by atoms with E-state index in [-0.39, 0.29) is 5.04 Å². The van der Waals surface area contributed by atoms with Crippen LogP contribution in [-0.2, 0) is 11.0 Å². The highest BCUT2D eigenvalue weighted by Gasteiger charge is 2.37. The molecule has 2 rings (SSSR count). The molecule has 0 aliphatic carbocycles. The van der Waals surface area contributed by atoms with Crippen LogP contribution in [0.25, 0.3) is 0 Å². The summed E-state index contributed by atoms with van der Waals surface area (Å²) in [7, 11) is -1.77. The summed E-state index contributed by atoms with van der Waals surface area (Å²) in [5.74, 6) is 0.836. The monoisotopic (exact) mass is 335 g/mol. The van der Waals surface area contributed by atoms with E-state index >= 15 is 0 Å². The largest absolute Gasteiger partial charge is 0.434 e. The average molecular weight is 336 g/mol. The van der Waals surface area contributed by atoms with Crippen molar-refractivity contribution < 1.29 is 8.84 Å². The normalized spacial score (nSPS) is 12.6. The molecule has 0 saturated heterocycles. The van der Waals surface area contributed by atoms with Crippen LogP contribution < -0.4 is 0 Å². The molecular weight excluding hydrogens is 310 g/mol. The summed E-state index contributed by atoms with van der Waals surface area (Å²) in [6.45, 7) is 13.7. The van der Waals surface area contributed by atoms with Gasteiger partial charge in [0.15, 0.2) is 14.1 Å². The number of aryl methyl sites for hydroxylation is 1. The molecule has 0 aliphatic rings. The third kappa shape index (κ3) is 4.24. The van der Waals surface area contributed by atoms with E-state index in [0.717, 1.165) is 16.3 Å². The lowest BCUT2D eigenvalue weighted by Crippen LogP contribution is -2.40. The van der Waals surface area contributed by atoms with Gasteiger partial charge in [0.05, 0.1) is 12.3 Å². The molecule has 0 saturated carbocycles. The van der Waals surface area contributed by atoms with Gasteiger partial charge >= 0.3 is 0 Å². The summed E-state index contributed by atoms with van der Waals surface area (Å²) < 4.78 is 12.1. The lowest BCUT2D eigenvalue weighted by molar-refractivity contribution is 0.236. The third-order valence-electron chi connectivity index (χ3n) is 4.19. The van der Waals surface area contributed by atoms with Gasteiger partial charge in [-0.3, -0.25) is 0 Å². The Morgan fingerprint density at radius 3 is 2.41 bits per heavy atom. The number of rotatable bonds is 5. The SMILES string of the molecule is Cc1nc(Sc2ccccc2)oc1CO[Si](C)(C)C(C)(C)C. The smallest absolute Gasteiger partial charge is 0.261 e. The molecule has 1 heterocycles. The van der Waals surface area contributed by atoms with Crippen LogP contribution in [0.5, 0.6) is 0 Å². The van der Waals surface area contributed by atoms with Crippen LogP contribution in [0.2, 0.25) is 18.1 Å². The van der Waals surface area contributed by atoms with Crippen molar-refractivity contribution in [2.75, 3.05) is 0 Å². The van der Waals surface area contributed by atoms with E-state index in [2.05, 4.69) is 51.0 Å². The van der Waals surface area contributed by atoms with Gasteiger partial charge in [-0.05, 0) is 49.0 Å². The molecule has 0 bridgehead atoms. The maximum absolute atomic E-state index is 6.22. The van der Waals surface area contributed by atoms with E-state index in [1.165, 1.54) is 11.8 Å². The maximum Gasteiger partial charge on any atom is 0.261 e. The zero-order valence-electron chi connectivity index (χ0n) is 14.3. The molecule has 0 atom stereocenters. The Bertz CT molecular complexity index is 617. The second-order valence-electron chi connectivity index (χ2n) is 6.95. The van der Waals surface area contributed by atoms with E-state index in [0.29, 0.717) is 11.8 Å². The van der Waals surface area contributed by atoms with Crippen LogP contribution in [0, 0.1) is 6.92 Å². The fourth-order valence-corrected chi connectivity index (χ4v) is 3.38. The zero-order valence-corrected chi connectivity index (χ0v) is 16.1. The van der Waals surface area contributed by atoms with Crippen LogP contribution in [0.4, 0.5) is 0 Å². The van der Waals surface area contributed by atoms with Gasteiger partial charge in [-0.1, -0.05) is 39.0 Å². The predicted octanol–water partition coefficient (Wildman–Crippen LogP) is 5.66. The fraction of sp³-hybridized carbons (Fsp3) is 0.471. The molecule has 5 heteroatoms. The summed E-state index contributed by atoms with van der Waals surface area (Å²) in [4.78, 5) is 5.63. The standard InChI is InChI=1S/C17H25NO2SSi/c1-13-15(12-19-22(5,6)17(2,3)4)20-16(18-13)21-14-10-8-7-9-11-14/h7-11H,12H2,1-6H3. The minimum Gasteiger partial charge on any atom is -0.434 e. The molecule has 0 aliphatic heterocycles. The van der Waals surface area contributed by atoms with Crippen molar-refractivity contribution in [2.24, 2.45) is 0 Å². The van der Waals surface area contributed by atoms with Crippen molar-refractivity contribution in [1.29, 1.82) is 0 Å². The molecule has 1 aromatic carbocycles. The summed E-state index contributed by atoms with van der Waals surface area (Å²) in [5, 5.41) is 0.875. The molecule has 0 spiro atoms. The first-order valence-electron chi connectivity index (χ1n) is 7.52. The number of hydrogen-bond acceptors (Lipinski definition) is 4. The molecule has 3 nitrogen and oxygen atoms in total. The Hall–Kier alpha value is -1.04. The molecular formula is C17H25NO2SSi. The predicted molar refractivity (Wildman–Crippen MR) is 93.8 cm³/mol. The van der Waals surface area contributed by atoms with Gasteiger partial charge in [-0.25, -0.2) is 4.98 Å². The first-order chi connectivity index (χ1) is 10.2. The Kier molecular flexibility index (Phi) is 5.20. The van der Waals surface area contributed by atoms with Crippen LogP contribution in [0.1, 0.15) is 32.2 Å². The Morgan fingerprint density at radius 2 is 1.82 bits per heavy atom. The van der Waals surface area contributed by atoms with Crippen molar-refractivity contribution in [1.82, 2.24) is 4.98 Å². The van der Waals surface area contributed by atoms with E-state index in [1.807, 2.05) is 25.1 Å². The van der Waals surface area contributed by atoms with Crippen molar-refractivity contribution in [3.63, 3.8) is 0 Å². The number of nitrogens with zero attached hydrogens (tertiary/aromatic N) is 1. The summed E-state index contributed by atoms with van der Waals surface area (Å²) >= 11 is 1.54. The van der Waals surface area contributed by atoms with Crippen LogP contribution in [-0.4, -0.2) is 13.3 Å². The first kappa shape index (κ1) is 17.3. The average Bonchev–Trinajstić information content (AvgIpc) is 2.76.